The van der Waals surface area contributed by atoms with E-state index in [0.717, 1.165) is 35.3 Å². The van der Waals surface area contributed by atoms with Gasteiger partial charge in [-0.15, -0.1) is 11.3 Å². The fraction of sp³-hybridized carbons (Fsp3) is 0.500. The van der Waals surface area contributed by atoms with Crippen LogP contribution in [0.2, 0.25) is 0 Å². The van der Waals surface area contributed by atoms with Gasteiger partial charge in [0.15, 0.2) is 5.11 Å². The minimum Gasteiger partial charge on any atom is -0.462 e. The smallest absolute Gasteiger partial charge is 0.341 e. The van der Waals surface area contributed by atoms with Gasteiger partial charge in [0, 0.05) is 24.4 Å². The average Bonchev–Trinajstić information content (AvgIpc) is 3.25. The van der Waals surface area contributed by atoms with Crippen LogP contribution in [0.25, 0.3) is 0 Å². The number of hydrogen-bond donors (Lipinski definition) is 2. The van der Waals surface area contributed by atoms with E-state index in [1.165, 1.54) is 15.6 Å². The summed E-state index contributed by atoms with van der Waals surface area (Å²) in [5.41, 5.74) is 2.37. The van der Waals surface area contributed by atoms with E-state index in [-0.39, 0.29) is 34.9 Å². The molecule has 1 aliphatic carbocycles. The largest absolute Gasteiger partial charge is 0.462 e. The second kappa shape index (κ2) is 12.6. The molecule has 206 valence electrons. The van der Waals surface area contributed by atoms with E-state index in [4.69, 9.17) is 21.7 Å². The number of morpholine rings is 1. The molecule has 0 saturated carbocycles. The van der Waals surface area contributed by atoms with Gasteiger partial charge in [-0.3, -0.25) is 4.79 Å². The Morgan fingerprint density at radius 3 is 2.61 bits per heavy atom. The van der Waals surface area contributed by atoms with E-state index in [1.54, 1.807) is 31.2 Å². The fourth-order valence-corrected chi connectivity index (χ4v) is 7.70. The first-order chi connectivity index (χ1) is 18.2. The lowest BCUT2D eigenvalue weighted by Gasteiger charge is -2.26. The molecule has 0 unspecified atom stereocenters. The molecule has 1 atom stereocenters. The minimum absolute atomic E-state index is 0.124. The van der Waals surface area contributed by atoms with Crippen molar-refractivity contribution in [1.29, 1.82) is 0 Å². The van der Waals surface area contributed by atoms with Crippen LogP contribution in [-0.2, 0) is 43.6 Å². The summed E-state index contributed by atoms with van der Waals surface area (Å²) < 4.78 is 37.5. The lowest BCUT2D eigenvalue weighted by Crippen LogP contribution is -2.40. The quantitative estimate of drug-likeness (QED) is 0.361. The maximum atomic E-state index is 12.8. The standard InChI is InChI=1S/C26H33N3O6S3/c1-3-35-25(31)23-20-10-4-17(2)16-21(20)37-24(23)28-26(36)27-22(30)11-7-18-5-8-19(9-6-18)38(32,33)29-12-14-34-15-13-29/h5-6,8-9,17H,3-4,7,10-16H2,1-2H3,(H2,27,28,30,36)/t17-/m0/s1. The number of ether oxygens (including phenoxy) is 2. The molecule has 0 spiro atoms. The van der Waals surface area contributed by atoms with E-state index in [9.17, 15) is 18.0 Å². The molecule has 1 saturated heterocycles. The Balaban J connectivity index is 1.33. The summed E-state index contributed by atoms with van der Waals surface area (Å²) in [7, 11) is -3.56. The number of nitrogens with zero attached hydrogens (tertiary/aromatic N) is 1. The Hall–Kier alpha value is -2.38. The number of esters is 1. The molecule has 2 heterocycles. The topological polar surface area (TPSA) is 114 Å². The number of thiocarbonyl (C=S) groups is 1. The summed E-state index contributed by atoms with van der Waals surface area (Å²) in [6.45, 7) is 5.71. The van der Waals surface area contributed by atoms with Gasteiger partial charge in [-0.2, -0.15) is 4.31 Å². The lowest BCUT2D eigenvalue weighted by molar-refractivity contribution is -0.119. The third-order valence-electron chi connectivity index (χ3n) is 6.64. The summed E-state index contributed by atoms with van der Waals surface area (Å²) in [4.78, 5) is 26.6. The number of rotatable bonds is 8. The third kappa shape index (κ3) is 6.78. The van der Waals surface area contributed by atoms with Gasteiger partial charge in [-0.05, 0) is 74.0 Å². The third-order valence-corrected chi connectivity index (χ3v) is 9.93. The first-order valence-corrected chi connectivity index (χ1v) is 15.4. The number of anilines is 1. The van der Waals surface area contributed by atoms with Gasteiger partial charge >= 0.3 is 5.97 Å². The first kappa shape index (κ1) is 28.6. The second-order valence-electron chi connectivity index (χ2n) is 9.44. The molecule has 38 heavy (non-hydrogen) atoms. The molecule has 1 amide bonds. The number of thiophene rings is 1. The number of hydrogen-bond acceptors (Lipinski definition) is 8. The zero-order valence-electron chi connectivity index (χ0n) is 21.6. The van der Waals surface area contributed by atoms with Gasteiger partial charge in [0.25, 0.3) is 0 Å². The minimum atomic E-state index is -3.56. The van der Waals surface area contributed by atoms with Crippen molar-refractivity contribution >= 4 is 55.6 Å². The molecule has 0 radical (unpaired) electrons. The average molecular weight is 580 g/mol. The predicted octanol–water partition coefficient (Wildman–Crippen LogP) is 3.52. The number of carbonyl (C=O) groups is 2. The summed E-state index contributed by atoms with van der Waals surface area (Å²) in [6, 6.07) is 6.58. The maximum Gasteiger partial charge on any atom is 0.341 e. The number of carbonyl (C=O) groups excluding carboxylic acids is 2. The SMILES string of the molecule is CCOC(=O)c1c(NC(=S)NC(=O)CCc2ccc(S(=O)(=O)N3CCOCC3)cc2)sc2c1CC[C@H](C)C2. The van der Waals surface area contributed by atoms with Crippen molar-refractivity contribution in [3.8, 4) is 0 Å². The fourth-order valence-electron chi connectivity index (χ4n) is 4.60. The summed E-state index contributed by atoms with van der Waals surface area (Å²) in [5, 5.41) is 6.46. The van der Waals surface area contributed by atoms with Crippen LogP contribution in [-0.4, -0.2) is 62.6 Å². The second-order valence-corrected chi connectivity index (χ2v) is 12.9. The van der Waals surface area contributed by atoms with Crippen LogP contribution in [0.4, 0.5) is 5.00 Å². The van der Waals surface area contributed by atoms with E-state index >= 15 is 0 Å². The van der Waals surface area contributed by atoms with Crippen molar-refractivity contribution in [2.75, 3.05) is 38.2 Å². The number of benzene rings is 1. The van der Waals surface area contributed by atoms with Crippen LogP contribution in [0.5, 0.6) is 0 Å². The van der Waals surface area contributed by atoms with Crippen LogP contribution in [0.15, 0.2) is 29.2 Å². The van der Waals surface area contributed by atoms with Crippen LogP contribution >= 0.6 is 23.6 Å². The van der Waals surface area contributed by atoms with E-state index in [2.05, 4.69) is 17.6 Å². The highest BCUT2D eigenvalue weighted by Crippen LogP contribution is 2.40. The monoisotopic (exact) mass is 579 g/mol. The molecule has 1 aromatic carbocycles. The summed E-state index contributed by atoms with van der Waals surface area (Å²) in [5.74, 6) is -0.111. The lowest BCUT2D eigenvalue weighted by atomic mass is 9.88. The Morgan fingerprint density at radius 1 is 1.21 bits per heavy atom. The van der Waals surface area contributed by atoms with Crippen molar-refractivity contribution < 1.29 is 27.5 Å². The van der Waals surface area contributed by atoms with Crippen LogP contribution in [0, 0.1) is 5.92 Å². The molecule has 4 rings (SSSR count). The number of sulfonamides is 1. The van der Waals surface area contributed by atoms with Crippen molar-refractivity contribution in [2.45, 2.75) is 50.8 Å². The zero-order chi connectivity index (χ0) is 27.3. The van der Waals surface area contributed by atoms with Crippen molar-refractivity contribution in [1.82, 2.24) is 9.62 Å². The highest BCUT2D eigenvalue weighted by molar-refractivity contribution is 7.89. The first-order valence-electron chi connectivity index (χ1n) is 12.8. The van der Waals surface area contributed by atoms with Gasteiger partial charge in [0.1, 0.15) is 5.00 Å². The van der Waals surface area contributed by atoms with Gasteiger partial charge in [0.05, 0.1) is 30.3 Å². The zero-order valence-corrected chi connectivity index (χ0v) is 24.0. The number of amides is 1. The molecule has 2 aromatic rings. The highest BCUT2D eigenvalue weighted by Gasteiger charge is 2.29. The molecular weight excluding hydrogens is 547 g/mol. The molecular formula is C26H33N3O6S3. The molecule has 1 fully saturated rings. The van der Waals surface area contributed by atoms with Crippen molar-refractivity contribution in [3.63, 3.8) is 0 Å². The summed E-state index contributed by atoms with van der Waals surface area (Å²) >= 11 is 6.86. The molecule has 9 nitrogen and oxygen atoms in total. The molecule has 1 aliphatic heterocycles. The number of nitrogens with one attached hydrogen (secondary N) is 2. The molecule has 1 aromatic heterocycles. The van der Waals surface area contributed by atoms with Gasteiger partial charge in [-0.25, -0.2) is 13.2 Å². The van der Waals surface area contributed by atoms with Crippen molar-refractivity contribution in [3.05, 3.63) is 45.8 Å². The molecule has 0 bridgehead atoms. The highest BCUT2D eigenvalue weighted by atomic mass is 32.2. The van der Waals surface area contributed by atoms with Crippen molar-refractivity contribution in [2.24, 2.45) is 5.92 Å². The van der Waals surface area contributed by atoms with Gasteiger partial charge in [-0.1, -0.05) is 19.1 Å². The van der Waals surface area contributed by atoms with E-state index in [1.807, 2.05) is 0 Å². The van der Waals surface area contributed by atoms with Crippen LogP contribution in [0.3, 0.4) is 0 Å². The Kier molecular flexibility index (Phi) is 9.53. The molecule has 12 heteroatoms. The molecule has 2 N–H and O–H groups in total. The normalized spacial score (nSPS) is 17.9. The van der Waals surface area contributed by atoms with Gasteiger partial charge < -0.3 is 20.1 Å². The van der Waals surface area contributed by atoms with E-state index in [0.29, 0.717) is 49.2 Å². The Bertz CT molecular complexity index is 1280. The number of aryl methyl sites for hydroxylation is 1. The number of fused-ring (bicyclic) bond motifs is 1. The Morgan fingerprint density at radius 2 is 1.92 bits per heavy atom. The van der Waals surface area contributed by atoms with Crippen LogP contribution in [0.1, 0.15) is 53.1 Å². The van der Waals surface area contributed by atoms with Gasteiger partial charge in [0.2, 0.25) is 15.9 Å². The molecule has 2 aliphatic rings. The Labute approximate surface area is 232 Å². The van der Waals surface area contributed by atoms with Crippen LogP contribution < -0.4 is 10.6 Å². The van der Waals surface area contributed by atoms with E-state index < -0.39 is 10.0 Å². The maximum absolute atomic E-state index is 12.8. The summed E-state index contributed by atoms with van der Waals surface area (Å²) in [6.07, 6.45) is 3.32. The predicted molar refractivity (Wildman–Crippen MR) is 150 cm³/mol.